The van der Waals surface area contributed by atoms with E-state index in [4.69, 9.17) is 0 Å². The molecular formula is C13H26N2. The van der Waals surface area contributed by atoms with Crippen LogP contribution in [0.5, 0.6) is 0 Å². The van der Waals surface area contributed by atoms with Crippen LogP contribution in [0.3, 0.4) is 0 Å². The maximum atomic E-state index is 3.78. The Balaban J connectivity index is 1.72. The Bertz CT molecular complexity index is 197. The van der Waals surface area contributed by atoms with Crippen LogP contribution in [0.4, 0.5) is 0 Å². The second-order valence-corrected chi connectivity index (χ2v) is 6.00. The van der Waals surface area contributed by atoms with Crippen LogP contribution in [0.1, 0.15) is 45.4 Å². The summed E-state index contributed by atoms with van der Waals surface area (Å²) in [4.78, 5) is 2.43. The standard InChI is InChI=1S/C13H26N2/c1-13(7-4-3-5-8-13)11-14-12-6-9-15(2)10-12/h12,14H,3-11H2,1-2H3. The molecule has 0 bridgehead atoms. The molecule has 1 saturated heterocycles. The summed E-state index contributed by atoms with van der Waals surface area (Å²) in [6.45, 7) is 6.23. The lowest BCUT2D eigenvalue weighted by Gasteiger charge is -2.34. The minimum atomic E-state index is 0.597. The zero-order valence-electron chi connectivity index (χ0n) is 10.4. The Morgan fingerprint density at radius 2 is 2.00 bits per heavy atom. The van der Waals surface area contributed by atoms with Crippen molar-refractivity contribution < 1.29 is 0 Å². The van der Waals surface area contributed by atoms with Crippen LogP contribution in [0.25, 0.3) is 0 Å². The van der Waals surface area contributed by atoms with Crippen LogP contribution < -0.4 is 5.32 Å². The molecule has 1 saturated carbocycles. The predicted molar refractivity (Wildman–Crippen MR) is 65.1 cm³/mol. The molecule has 1 atom stereocenters. The Kier molecular flexibility index (Phi) is 3.68. The Morgan fingerprint density at radius 3 is 2.60 bits per heavy atom. The quantitative estimate of drug-likeness (QED) is 0.768. The molecule has 1 aliphatic heterocycles. The average Bonchev–Trinajstić information content (AvgIpc) is 2.63. The molecule has 0 aromatic heterocycles. The van der Waals surface area contributed by atoms with Gasteiger partial charge in [0, 0.05) is 19.1 Å². The fourth-order valence-corrected chi connectivity index (χ4v) is 3.07. The van der Waals surface area contributed by atoms with Crippen LogP contribution >= 0.6 is 0 Å². The second-order valence-electron chi connectivity index (χ2n) is 6.00. The van der Waals surface area contributed by atoms with Gasteiger partial charge in [0.25, 0.3) is 0 Å². The Labute approximate surface area is 94.4 Å². The summed E-state index contributed by atoms with van der Waals surface area (Å²) in [5, 5.41) is 3.78. The summed E-state index contributed by atoms with van der Waals surface area (Å²) in [5.41, 5.74) is 0.597. The van der Waals surface area contributed by atoms with Gasteiger partial charge in [-0.25, -0.2) is 0 Å². The first-order valence-corrected chi connectivity index (χ1v) is 6.60. The molecule has 0 radical (unpaired) electrons. The molecule has 1 N–H and O–H groups in total. The van der Waals surface area contributed by atoms with Crippen molar-refractivity contribution in [1.82, 2.24) is 10.2 Å². The van der Waals surface area contributed by atoms with E-state index in [9.17, 15) is 0 Å². The molecule has 2 aliphatic rings. The number of hydrogen-bond acceptors (Lipinski definition) is 2. The van der Waals surface area contributed by atoms with Gasteiger partial charge in [0.2, 0.25) is 0 Å². The van der Waals surface area contributed by atoms with Crippen molar-refractivity contribution in [3.8, 4) is 0 Å². The van der Waals surface area contributed by atoms with Crippen molar-refractivity contribution in [1.29, 1.82) is 0 Å². The number of likely N-dealkylation sites (N-methyl/N-ethyl adjacent to an activating group) is 1. The molecule has 1 aliphatic carbocycles. The van der Waals surface area contributed by atoms with Gasteiger partial charge < -0.3 is 10.2 Å². The molecule has 2 heteroatoms. The van der Waals surface area contributed by atoms with Crippen molar-refractivity contribution >= 4 is 0 Å². The smallest absolute Gasteiger partial charge is 0.0207 e. The summed E-state index contributed by atoms with van der Waals surface area (Å²) in [5.74, 6) is 0. The van der Waals surface area contributed by atoms with E-state index in [0.717, 1.165) is 6.04 Å². The van der Waals surface area contributed by atoms with Crippen molar-refractivity contribution in [3.63, 3.8) is 0 Å². The van der Waals surface area contributed by atoms with Crippen LogP contribution in [-0.4, -0.2) is 37.6 Å². The van der Waals surface area contributed by atoms with E-state index in [0.29, 0.717) is 5.41 Å². The Morgan fingerprint density at radius 1 is 1.27 bits per heavy atom. The molecule has 2 fully saturated rings. The average molecular weight is 210 g/mol. The molecule has 0 aromatic carbocycles. The van der Waals surface area contributed by atoms with Crippen molar-refractivity contribution in [2.75, 3.05) is 26.7 Å². The van der Waals surface area contributed by atoms with E-state index >= 15 is 0 Å². The lowest BCUT2D eigenvalue weighted by Crippen LogP contribution is -2.40. The van der Waals surface area contributed by atoms with Gasteiger partial charge in [-0.1, -0.05) is 26.2 Å². The molecule has 0 spiro atoms. The lowest BCUT2D eigenvalue weighted by molar-refractivity contribution is 0.200. The first-order chi connectivity index (χ1) is 7.18. The zero-order valence-corrected chi connectivity index (χ0v) is 10.4. The number of likely N-dealkylation sites (tertiary alicyclic amines) is 1. The maximum absolute atomic E-state index is 3.78. The summed E-state index contributed by atoms with van der Waals surface area (Å²) in [7, 11) is 2.23. The summed E-state index contributed by atoms with van der Waals surface area (Å²) < 4.78 is 0. The third kappa shape index (κ3) is 3.18. The van der Waals surface area contributed by atoms with Gasteiger partial charge in [0.05, 0.1) is 0 Å². The minimum Gasteiger partial charge on any atom is -0.312 e. The monoisotopic (exact) mass is 210 g/mol. The molecule has 1 unspecified atom stereocenters. The highest BCUT2D eigenvalue weighted by Gasteiger charge is 2.28. The van der Waals surface area contributed by atoms with Crippen LogP contribution in [-0.2, 0) is 0 Å². The van der Waals surface area contributed by atoms with E-state index in [2.05, 4.69) is 24.2 Å². The topological polar surface area (TPSA) is 15.3 Å². The maximum Gasteiger partial charge on any atom is 0.0207 e. The molecular weight excluding hydrogens is 184 g/mol. The number of nitrogens with zero attached hydrogens (tertiary/aromatic N) is 1. The Hall–Kier alpha value is -0.0800. The summed E-state index contributed by atoms with van der Waals surface area (Å²) in [6, 6.07) is 0.758. The number of rotatable bonds is 3. The van der Waals surface area contributed by atoms with E-state index in [1.165, 1.54) is 58.2 Å². The highest BCUT2D eigenvalue weighted by Crippen LogP contribution is 2.35. The van der Waals surface area contributed by atoms with Gasteiger partial charge in [0.15, 0.2) is 0 Å². The molecule has 15 heavy (non-hydrogen) atoms. The first kappa shape index (κ1) is 11.4. The van der Waals surface area contributed by atoms with Crippen molar-refractivity contribution in [3.05, 3.63) is 0 Å². The van der Waals surface area contributed by atoms with E-state index in [1.54, 1.807) is 0 Å². The highest BCUT2D eigenvalue weighted by atomic mass is 15.2. The van der Waals surface area contributed by atoms with E-state index in [1.807, 2.05) is 0 Å². The number of hydrogen-bond donors (Lipinski definition) is 1. The van der Waals surface area contributed by atoms with Crippen LogP contribution in [0, 0.1) is 5.41 Å². The van der Waals surface area contributed by atoms with Crippen LogP contribution in [0.2, 0.25) is 0 Å². The van der Waals surface area contributed by atoms with Crippen molar-refractivity contribution in [2.45, 2.75) is 51.5 Å². The second kappa shape index (κ2) is 4.84. The van der Waals surface area contributed by atoms with E-state index < -0.39 is 0 Å². The fourth-order valence-electron chi connectivity index (χ4n) is 3.07. The highest BCUT2D eigenvalue weighted by molar-refractivity contribution is 4.85. The van der Waals surface area contributed by atoms with Gasteiger partial charge in [-0.15, -0.1) is 0 Å². The van der Waals surface area contributed by atoms with Gasteiger partial charge in [0.1, 0.15) is 0 Å². The first-order valence-electron chi connectivity index (χ1n) is 6.60. The van der Waals surface area contributed by atoms with Gasteiger partial charge in [-0.2, -0.15) is 0 Å². The van der Waals surface area contributed by atoms with Gasteiger partial charge in [-0.05, 0) is 38.3 Å². The van der Waals surface area contributed by atoms with Crippen LogP contribution in [0.15, 0.2) is 0 Å². The normalized spacial score (nSPS) is 32.0. The zero-order chi connectivity index (χ0) is 10.7. The molecule has 0 aromatic rings. The largest absolute Gasteiger partial charge is 0.312 e. The molecule has 2 rings (SSSR count). The fraction of sp³-hybridized carbons (Fsp3) is 1.00. The lowest BCUT2D eigenvalue weighted by atomic mass is 9.75. The molecule has 88 valence electrons. The summed E-state index contributed by atoms with van der Waals surface area (Å²) >= 11 is 0. The van der Waals surface area contributed by atoms with Crippen molar-refractivity contribution in [2.24, 2.45) is 5.41 Å². The van der Waals surface area contributed by atoms with Gasteiger partial charge in [-0.3, -0.25) is 0 Å². The molecule has 0 amide bonds. The third-order valence-corrected chi connectivity index (χ3v) is 4.27. The number of nitrogens with one attached hydrogen (secondary N) is 1. The summed E-state index contributed by atoms with van der Waals surface area (Å²) in [6.07, 6.45) is 8.56. The predicted octanol–water partition coefficient (Wildman–Crippen LogP) is 2.25. The molecule has 2 nitrogen and oxygen atoms in total. The van der Waals surface area contributed by atoms with E-state index in [-0.39, 0.29) is 0 Å². The molecule has 1 heterocycles. The van der Waals surface area contributed by atoms with Gasteiger partial charge >= 0.3 is 0 Å². The third-order valence-electron chi connectivity index (χ3n) is 4.27. The SMILES string of the molecule is CN1CCC(NCC2(C)CCCCC2)C1. The minimum absolute atomic E-state index is 0.597.